The maximum atomic E-state index is 11.9. The summed E-state index contributed by atoms with van der Waals surface area (Å²) in [5, 5.41) is 0.652. The van der Waals surface area contributed by atoms with Gasteiger partial charge in [0.25, 0.3) is 0 Å². The molecule has 1 heterocycles. The van der Waals surface area contributed by atoms with Crippen molar-refractivity contribution >= 4 is 33.8 Å². The van der Waals surface area contributed by atoms with Gasteiger partial charge in [0.1, 0.15) is 10.6 Å². The van der Waals surface area contributed by atoms with Gasteiger partial charge in [-0.1, -0.05) is 0 Å². The van der Waals surface area contributed by atoms with Crippen LogP contribution in [0.15, 0.2) is 0 Å². The van der Waals surface area contributed by atoms with E-state index >= 15 is 0 Å². The van der Waals surface area contributed by atoms with Crippen LogP contribution < -0.4 is 10.6 Å². The third kappa shape index (κ3) is 3.29. The zero-order valence-corrected chi connectivity index (χ0v) is 13.0. The molecule has 0 atom stereocenters. The van der Waals surface area contributed by atoms with E-state index in [4.69, 9.17) is 15.2 Å². The number of nitrogens with zero attached hydrogens (tertiary/aromatic N) is 1. The molecule has 0 saturated heterocycles. The second-order valence-electron chi connectivity index (χ2n) is 4.15. The van der Waals surface area contributed by atoms with Crippen LogP contribution in [0.2, 0.25) is 0 Å². The average molecular weight is 300 g/mol. The lowest BCUT2D eigenvalue weighted by atomic mass is 10.2. The summed E-state index contributed by atoms with van der Waals surface area (Å²) in [5.74, 6) is -0.691. The third-order valence-corrected chi connectivity index (χ3v) is 4.24. The van der Waals surface area contributed by atoms with Gasteiger partial charge in [-0.3, -0.25) is 4.79 Å². The number of ether oxygens (including phenoxy) is 2. The lowest BCUT2D eigenvalue weighted by Gasteiger charge is -2.21. The van der Waals surface area contributed by atoms with E-state index in [1.807, 2.05) is 11.8 Å². The molecule has 6 nitrogen and oxygen atoms in total. The first-order valence-electron chi connectivity index (χ1n) is 6.23. The average Bonchev–Trinajstić information content (AvgIpc) is 2.77. The summed E-state index contributed by atoms with van der Waals surface area (Å²) in [4.78, 5) is 25.9. The van der Waals surface area contributed by atoms with Crippen molar-refractivity contribution in [3.63, 3.8) is 0 Å². The quantitative estimate of drug-likeness (QED) is 0.610. The van der Waals surface area contributed by atoms with Crippen LogP contribution in [-0.2, 0) is 9.47 Å². The van der Waals surface area contributed by atoms with E-state index < -0.39 is 5.97 Å². The van der Waals surface area contributed by atoms with Gasteiger partial charge >= 0.3 is 5.97 Å². The fourth-order valence-electron chi connectivity index (χ4n) is 1.82. The standard InChI is InChI=1S/C13H20N2O4S/c1-5-15(6-7-18-3)12-9(13(17)19-4)10(14)11(20-12)8(2)16/h5-7,14H2,1-4H3. The minimum atomic E-state index is -0.530. The van der Waals surface area contributed by atoms with E-state index in [0.29, 0.717) is 29.6 Å². The van der Waals surface area contributed by atoms with Crippen molar-refractivity contribution in [2.45, 2.75) is 13.8 Å². The van der Waals surface area contributed by atoms with Crippen molar-refractivity contribution in [2.24, 2.45) is 0 Å². The fourth-order valence-corrected chi connectivity index (χ4v) is 3.01. The van der Waals surface area contributed by atoms with Gasteiger partial charge in [0, 0.05) is 27.1 Å². The molecule has 0 fully saturated rings. The van der Waals surface area contributed by atoms with Crippen LogP contribution in [0.25, 0.3) is 0 Å². The number of Topliss-reactive ketones (excluding diaryl/α,β-unsaturated/α-hetero) is 1. The van der Waals surface area contributed by atoms with Gasteiger partial charge < -0.3 is 20.1 Å². The Labute approximate surface area is 122 Å². The molecule has 0 radical (unpaired) electrons. The number of anilines is 2. The van der Waals surface area contributed by atoms with E-state index in [0.717, 1.165) is 0 Å². The van der Waals surface area contributed by atoms with Gasteiger partial charge in [-0.05, 0) is 6.92 Å². The molecule has 0 aromatic carbocycles. The monoisotopic (exact) mass is 300 g/mol. The second-order valence-corrected chi connectivity index (χ2v) is 5.14. The molecule has 1 aromatic heterocycles. The number of thiophene rings is 1. The fraction of sp³-hybridized carbons (Fsp3) is 0.538. The van der Waals surface area contributed by atoms with E-state index in [1.165, 1.54) is 25.4 Å². The second kappa shape index (κ2) is 7.25. The largest absolute Gasteiger partial charge is 0.465 e. The minimum Gasteiger partial charge on any atom is -0.465 e. The SMILES string of the molecule is CCN(CCOC)c1sc(C(C)=O)c(N)c1C(=O)OC. The molecule has 112 valence electrons. The first-order valence-corrected chi connectivity index (χ1v) is 7.04. The van der Waals surface area contributed by atoms with Crippen molar-refractivity contribution in [3.8, 4) is 0 Å². The Kier molecular flexibility index (Phi) is 5.97. The molecule has 0 aliphatic carbocycles. The van der Waals surface area contributed by atoms with Gasteiger partial charge in [0.2, 0.25) is 0 Å². The summed E-state index contributed by atoms with van der Waals surface area (Å²) in [5.41, 5.74) is 6.39. The predicted octanol–water partition coefficient (Wildman–Crippen LogP) is 1.79. The number of nitrogen functional groups attached to an aromatic ring is 1. The number of rotatable bonds is 7. The Balaban J connectivity index is 3.31. The molecule has 1 aromatic rings. The molecule has 0 bridgehead atoms. The Morgan fingerprint density at radius 1 is 1.35 bits per heavy atom. The predicted molar refractivity (Wildman–Crippen MR) is 79.8 cm³/mol. The number of carbonyl (C=O) groups is 2. The van der Waals surface area contributed by atoms with Crippen LogP contribution in [0.1, 0.15) is 33.9 Å². The van der Waals surface area contributed by atoms with Crippen molar-refractivity contribution in [1.82, 2.24) is 0 Å². The molecule has 0 aliphatic heterocycles. The molecule has 0 saturated carbocycles. The Hall–Kier alpha value is -1.60. The Morgan fingerprint density at radius 2 is 2.00 bits per heavy atom. The first-order chi connectivity index (χ1) is 9.47. The van der Waals surface area contributed by atoms with E-state index in [9.17, 15) is 9.59 Å². The van der Waals surface area contributed by atoms with Gasteiger partial charge in [-0.25, -0.2) is 4.79 Å². The zero-order valence-electron chi connectivity index (χ0n) is 12.2. The lowest BCUT2D eigenvalue weighted by Crippen LogP contribution is -2.27. The van der Waals surface area contributed by atoms with Crippen molar-refractivity contribution in [3.05, 3.63) is 10.4 Å². The Morgan fingerprint density at radius 3 is 2.45 bits per heavy atom. The number of ketones is 1. The molecule has 2 N–H and O–H groups in total. The zero-order chi connectivity index (χ0) is 15.3. The number of hydrogen-bond donors (Lipinski definition) is 1. The minimum absolute atomic E-state index is 0.160. The van der Waals surface area contributed by atoms with Crippen molar-refractivity contribution < 1.29 is 19.1 Å². The summed E-state index contributed by atoms with van der Waals surface area (Å²) < 4.78 is 9.82. The third-order valence-electron chi connectivity index (χ3n) is 2.87. The maximum absolute atomic E-state index is 11.9. The highest BCUT2D eigenvalue weighted by molar-refractivity contribution is 7.19. The van der Waals surface area contributed by atoms with Crippen LogP contribution in [-0.4, -0.2) is 45.7 Å². The molecule has 20 heavy (non-hydrogen) atoms. The molecular formula is C13H20N2O4S. The molecule has 7 heteroatoms. The van der Waals surface area contributed by atoms with Crippen LogP contribution in [0, 0.1) is 0 Å². The molecule has 0 unspecified atom stereocenters. The van der Waals surface area contributed by atoms with Gasteiger partial charge in [0.05, 0.1) is 24.3 Å². The molecule has 0 aliphatic rings. The number of esters is 1. The van der Waals surface area contributed by atoms with Crippen LogP contribution in [0.3, 0.4) is 0 Å². The van der Waals surface area contributed by atoms with Crippen LogP contribution in [0.4, 0.5) is 10.7 Å². The molecule has 0 amide bonds. The summed E-state index contributed by atoms with van der Waals surface area (Å²) in [6.07, 6.45) is 0. The van der Waals surface area contributed by atoms with E-state index in [1.54, 1.807) is 7.11 Å². The van der Waals surface area contributed by atoms with E-state index in [2.05, 4.69) is 0 Å². The van der Waals surface area contributed by atoms with Gasteiger partial charge in [-0.2, -0.15) is 0 Å². The van der Waals surface area contributed by atoms with E-state index in [-0.39, 0.29) is 17.0 Å². The first kappa shape index (κ1) is 16.5. The van der Waals surface area contributed by atoms with Crippen LogP contribution in [0.5, 0.6) is 0 Å². The van der Waals surface area contributed by atoms with Crippen molar-refractivity contribution in [2.75, 3.05) is 44.5 Å². The molecule has 0 spiro atoms. The maximum Gasteiger partial charge on any atom is 0.343 e. The number of hydrogen-bond acceptors (Lipinski definition) is 7. The topological polar surface area (TPSA) is 81.9 Å². The summed E-state index contributed by atoms with van der Waals surface area (Å²) in [7, 11) is 2.90. The summed E-state index contributed by atoms with van der Waals surface area (Å²) >= 11 is 1.22. The van der Waals surface area contributed by atoms with Crippen molar-refractivity contribution in [1.29, 1.82) is 0 Å². The summed E-state index contributed by atoms with van der Waals surface area (Å²) in [6.45, 7) is 5.18. The smallest absolute Gasteiger partial charge is 0.343 e. The molecule has 1 rings (SSSR count). The lowest BCUT2D eigenvalue weighted by molar-refractivity contribution is 0.0603. The van der Waals surface area contributed by atoms with Gasteiger partial charge in [-0.15, -0.1) is 11.3 Å². The number of methoxy groups -OCH3 is 2. The Bertz CT molecular complexity index is 499. The highest BCUT2D eigenvalue weighted by Crippen LogP contribution is 2.38. The number of likely N-dealkylation sites (N-methyl/N-ethyl adjacent to an activating group) is 1. The summed E-state index contributed by atoms with van der Waals surface area (Å²) in [6, 6.07) is 0. The van der Waals surface area contributed by atoms with Gasteiger partial charge in [0.15, 0.2) is 5.78 Å². The number of nitrogens with two attached hydrogens (primary N) is 1. The highest BCUT2D eigenvalue weighted by Gasteiger charge is 2.27. The highest BCUT2D eigenvalue weighted by atomic mass is 32.1. The van der Waals surface area contributed by atoms with Crippen LogP contribution >= 0.6 is 11.3 Å². The number of carbonyl (C=O) groups excluding carboxylic acids is 2. The molecular weight excluding hydrogens is 280 g/mol. The normalized spacial score (nSPS) is 10.4.